The van der Waals surface area contributed by atoms with Crippen LogP contribution in [0.15, 0.2) is 15.9 Å². The number of ether oxygens (including phenoxy) is 1. The van der Waals surface area contributed by atoms with Gasteiger partial charge in [0, 0.05) is 34.0 Å². The molecule has 2 heterocycles. The van der Waals surface area contributed by atoms with Gasteiger partial charge < -0.3 is 10.5 Å². The van der Waals surface area contributed by atoms with Gasteiger partial charge >= 0.3 is 0 Å². The second-order valence-corrected chi connectivity index (χ2v) is 6.07. The Kier molecular flexibility index (Phi) is 4.20. The molecule has 2 nitrogen and oxygen atoms in total. The van der Waals surface area contributed by atoms with E-state index in [0.717, 1.165) is 26.1 Å². The molecule has 84 valence electrons. The molecule has 1 fully saturated rings. The maximum Gasteiger partial charge on any atom is 0.0495 e. The molecule has 0 spiro atoms. The predicted molar refractivity (Wildman–Crippen MR) is 67.2 cm³/mol. The second kappa shape index (κ2) is 5.43. The van der Waals surface area contributed by atoms with Crippen molar-refractivity contribution in [1.29, 1.82) is 0 Å². The number of hydrogen-bond acceptors (Lipinski definition) is 3. The van der Waals surface area contributed by atoms with Crippen LogP contribution in [-0.4, -0.2) is 19.3 Å². The first-order chi connectivity index (χ1) is 7.24. The van der Waals surface area contributed by atoms with E-state index in [0.29, 0.717) is 5.92 Å². The van der Waals surface area contributed by atoms with Crippen LogP contribution in [0.25, 0.3) is 0 Å². The lowest BCUT2D eigenvalue weighted by Crippen LogP contribution is -2.25. The van der Waals surface area contributed by atoms with E-state index in [1.165, 1.54) is 15.8 Å². The Morgan fingerprint density at radius 1 is 1.67 bits per heavy atom. The number of rotatable bonds is 4. The highest BCUT2D eigenvalue weighted by molar-refractivity contribution is 9.10. The second-order valence-electron chi connectivity index (χ2n) is 4.16. The largest absolute Gasteiger partial charge is 0.381 e. The van der Waals surface area contributed by atoms with Crippen LogP contribution in [0.4, 0.5) is 0 Å². The zero-order valence-electron chi connectivity index (χ0n) is 8.62. The summed E-state index contributed by atoms with van der Waals surface area (Å²) >= 11 is 5.24. The molecule has 0 saturated carbocycles. The molecular weight excluding hydrogens is 274 g/mol. The fourth-order valence-electron chi connectivity index (χ4n) is 2.00. The average molecular weight is 290 g/mol. The van der Waals surface area contributed by atoms with Crippen molar-refractivity contribution in [3.05, 3.63) is 20.8 Å². The Bertz CT molecular complexity index is 309. The van der Waals surface area contributed by atoms with E-state index in [9.17, 15) is 0 Å². The first-order valence-electron chi connectivity index (χ1n) is 5.30. The third-order valence-corrected chi connectivity index (χ3v) is 4.47. The van der Waals surface area contributed by atoms with Crippen LogP contribution in [0, 0.1) is 5.92 Å². The average Bonchev–Trinajstić information content (AvgIpc) is 2.77. The highest BCUT2D eigenvalue weighted by atomic mass is 79.9. The Morgan fingerprint density at radius 3 is 3.13 bits per heavy atom. The molecule has 1 aliphatic rings. The third kappa shape index (κ3) is 3.55. The molecule has 0 amide bonds. The van der Waals surface area contributed by atoms with Crippen LogP contribution in [0.5, 0.6) is 0 Å². The first-order valence-corrected chi connectivity index (χ1v) is 6.97. The van der Waals surface area contributed by atoms with Gasteiger partial charge in [-0.25, -0.2) is 0 Å². The van der Waals surface area contributed by atoms with E-state index < -0.39 is 0 Å². The molecule has 2 rings (SSSR count). The standard InChI is InChI=1S/C11H16BrNOS/c12-9-4-11(15-7-9)5-10(13)3-8-1-2-14-6-8/h4,7-8,10H,1-3,5-6,13H2. The quantitative estimate of drug-likeness (QED) is 0.925. The Hall–Kier alpha value is 0.1000. The summed E-state index contributed by atoms with van der Waals surface area (Å²) in [6, 6.07) is 2.44. The normalized spacial score (nSPS) is 23.2. The molecule has 1 aromatic rings. The van der Waals surface area contributed by atoms with Crippen molar-refractivity contribution in [2.24, 2.45) is 11.7 Å². The van der Waals surface area contributed by atoms with Crippen LogP contribution >= 0.6 is 27.3 Å². The van der Waals surface area contributed by atoms with Crippen LogP contribution in [0.1, 0.15) is 17.7 Å². The molecule has 0 bridgehead atoms. The SMILES string of the molecule is NC(Cc1cc(Br)cs1)CC1CCOC1. The number of hydrogen-bond donors (Lipinski definition) is 1. The van der Waals surface area contributed by atoms with E-state index >= 15 is 0 Å². The molecule has 4 heteroatoms. The van der Waals surface area contributed by atoms with E-state index in [2.05, 4.69) is 27.4 Å². The molecule has 1 saturated heterocycles. The molecular formula is C11H16BrNOS. The van der Waals surface area contributed by atoms with Crippen molar-refractivity contribution in [3.63, 3.8) is 0 Å². The van der Waals surface area contributed by atoms with Gasteiger partial charge in [0.25, 0.3) is 0 Å². The monoisotopic (exact) mass is 289 g/mol. The van der Waals surface area contributed by atoms with Crippen molar-refractivity contribution in [3.8, 4) is 0 Å². The zero-order chi connectivity index (χ0) is 10.7. The summed E-state index contributed by atoms with van der Waals surface area (Å²) in [6.45, 7) is 1.82. The maximum atomic E-state index is 6.13. The summed E-state index contributed by atoms with van der Waals surface area (Å²) < 4.78 is 6.52. The van der Waals surface area contributed by atoms with E-state index in [1.807, 2.05) is 0 Å². The third-order valence-electron chi connectivity index (χ3n) is 2.75. The topological polar surface area (TPSA) is 35.2 Å². The Labute approximate surface area is 103 Å². The minimum Gasteiger partial charge on any atom is -0.381 e. The summed E-state index contributed by atoms with van der Waals surface area (Å²) in [5.74, 6) is 0.684. The summed E-state index contributed by atoms with van der Waals surface area (Å²) in [7, 11) is 0. The highest BCUT2D eigenvalue weighted by Crippen LogP contribution is 2.23. The van der Waals surface area contributed by atoms with Gasteiger partial charge in [0.15, 0.2) is 0 Å². The van der Waals surface area contributed by atoms with Crippen molar-refractivity contribution in [2.45, 2.75) is 25.3 Å². The van der Waals surface area contributed by atoms with Gasteiger partial charge in [0.2, 0.25) is 0 Å². The molecule has 0 aliphatic carbocycles. The predicted octanol–water partition coefficient (Wildman–Crippen LogP) is 2.81. The minimum absolute atomic E-state index is 0.280. The highest BCUT2D eigenvalue weighted by Gasteiger charge is 2.19. The summed E-state index contributed by atoms with van der Waals surface area (Å²) in [6.07, 6.45) is 3.27. The van der Waals surface area contributed by atoms with Gasteiger partial charge in [-0.2, -0.15) is 0 Å². The van der Waals surface area contributed by atoms with Crippen LogP contribution in [-0.2, 0) is 11.2 Å². The number of nitrogens with two attached hydrogens (primary N) is 1. The molecule has 2 N–H and O–H groups in total. The Balaban J connectivity index is 1.78. The fraction of sp³-hybridized carbons (Fsp3) is 0.636. The molecule has 2 unspecified atom stereocenters. The lowest BCUT2D eigenvalue weighted by atomic mass is 9.97. The number of halogens is 1. The lowest BCUT2D eigenvalue weighted by Gasteiger charge is -2.14. The molecule has 15 heavy (non-hydrogen) atoms. The summed E-state index contributed by atoms with van der Waals surface area (Å²) in [4.78, 5) is 1.37. The fourth-order valence-corrected chi connectivity index (χ4v) is 3.55. The maximum absolute atomic E-state index is 6.13. The molecule has 1 aliphatic heterocycles. The molecule has 1 aromatic heterocycles. The molecule has 2 atom stereocenters. The lowest BCUT2D eigenvalue weighted by molar-refractivity contribution is 0.182. The van der Waals surface area contributed by atoms with E-state index in [4.69, 9.17) is 10.5 Å². The van der Waals surface area contributed by atoms with Crippen LogP contribution in [0.3, 0.4) is 0 Å². The Morgan fingerprint density at radius 2 is 2.53 bits per heavy atom. The van der Waals surface area contributed by atoms with Crippen molar-refractivity contribution in [2.75, 3.05) is 13.2 Å². The van der Waals surface area contributed by atoms with Gasteiger partial charge in [-0.15, -0.1) is 11.3 Å². The van der Waals surface area contributed by atoms with Crippen molar-refractivity contribution in [1.82, 2.24) is 0 Å². The van der Waals surface area contributed by atoms with Gasteiger partial charge in [-0.05, 0) is 47.2 Å². The molecule has 0 radical (unpaired) electrons. The van der Waals surface area contributed by atoms with Gasteiger partial charge in [0.05, 0.1) is 0 Å². The van der Waals surface area contributed by atoms with Gasteiger partial charge in [-0.3, -0.25) is 0 Å². The van der Waals surface area contributed by atoms with Gasteiger partial charge in [0.1, 0.15) is 0 Å². The number of thiophene rings is 1. The minimum atomic E-state index is 0.280. The summed E-state index contributed by atoms with van der Waals surface area (Å²) in [5, 5.41) is 2.11. The zero-order valence-corrected chi connectivity index (χ0v) is 11.0. The van der Waals surface area contributed by atoms with Gasteiger partial charge in [-0.1, -0.05) is 0 Å². The van der Waals surface area contributed by atoms with E-state index in [1.54, 1.807) is 11.3 Å². The smallest absolute Gasteiger partial charge is 0.0495 e. The van der Waals surface area contributed by atoms with Crippen molar-refractivity contribution >= 4 is 27.3 Å². The molecule has 0 aromatic carbocycles. The van der Waals surface area contributed by atoms with E-state index in [-0.39, 0.29) is 6.04 Å². The first kappa shape index (κ1) is 11.6. The van der Waals surface area contributed by atoms with Crippen molar-refractivity contribution < 1.29 is 4.74 Å². The summed E-state index contributed by atoms with van der Waals surface area (Å²) in [5.41, 5.74) is 6.13. The van der Waals surface area contributed by atoms with Crippen LogP contribution < -0.4 is 5.73 Å². The van der Waals surface area contributed by atoms with Crippen LogP contribution in [0.2, 0.25) is 0 Å².